The van der Waals surface area contributed by atoms with Crippen LogP contribution in [0.5, 0.6) is 0 Å². The number of nitrogens with one attached hydrogen (secondary N) is 1. The smallest absolute Gasteiger partial charge is 0.330 e. The van der Waals surface area contributed by atoms with E-state index in [1.807, 2.05) is 30.3 Å². The van der Waals surface area contributed by atoms with Gasteiger partial charge in [0, 0.05) is 32.5 Å². The molecule has 0 unspecified atom stereocenters. The average molecular weight is 456 g/mol. The molecule has 0 bridgehead atoms. The van der Waals surface area contributed by atoms with Crippen LogP contribution < -0.4 is 11.2 Å². The third-order valence-electron chi connectivity index (χ3n) is 5.59. The maximum atomic E-state index is 12.5. The third kappa shape index (κ3) is 4.53. The number of hydrogen-bond donors (Lipinski definition) is 1. The van der Waals surface area contributed by atoms with Gasteiger partial charge in [0.1, 0.15) is 12.2 Å². The minimum absolute atomic E-state index is 0.155. The van der Waals surface area contributed by atoms with Gasteiger partial charge in [0.25, 0.3) is 5.56 Å². The van der Waals surface area contributed by atoms with E-state index in [1.165, 1.54) is 20.0 Å². The quantitative estimate of drug-likeness (QED) is 0.508. The summed E-state index contributed by atoms with van der Waals surface area (Å²) in [6.45, 7) is 2.68. The van der Waals surface area contributed by atoms with E-state index in [-0.39, 0.29) is 6.61 Å². The molecule has 1 spiro atoms. The number of hydrogen-bond acceptors (Lipinski definition) is 8. The van der Waals surface area contributed by atoms with Gasteiger partial charge in [0.2, 0.25) is 0 Å². The molecule has 10 heteroatoms. The van der Waals surface area contributed by atoms with Crippen molar-refractivity contribution in [1.29, 1.82) is 0 Å². The number of carbonyl (C=O) groups is 2. The third-order valence-corrected chi connectivity index (χ3v) is 5.59. The molecule has 1 fully saturated rings. The van der Waals surface area contributed by atoms with Crippen LogP contribution in [0.1, 0.15) is 32.1 Å². The van der Waals surface area contributed by atoms with E-state index in [0.29, 0.717) is 6.42 Å². The lowest BCUT2D eigenvalue weighted by molar-refractivity contribution is -0.177. The van der Waals surface area contributed by atoms with Crippen LogP contribution in [0.2, 0.25) is 0 Å². The fourth-order valence-electron chi connectivity index (χ4n) is 4.29. The average Bonchev–Trinajstić information content (AvgIpc) is 3.28. The van der Waals surface area contributed by atoms with Crippen LogP contribution in [-0.4, -0.2) is 45.4 Å². The first-order valence-electron chi connectivity index (χ1n) is 10.5. The number of ether oxygens (including phenoxy) is 4. The van der Waals surface area contributed by atoms with E-state index in [0.717, 1.165) is 16.2 Å². The zero-order valence-electron chi connectivity index (χ0n) is 18.1. The Kier molecular flexibility index (Phi) is 6.30. The Labute approximate surface area is 188 Å². The van der Waals surface area contributed by atoms with Crippen molar-refractivity contribution < 1.29 is 28.5 Å². The molecule has 33 heavy (non-hydrogen) atoms. The molecule has 2 aromatic rings. The Bertz CT molecular complexity index is 1170. The molecule has 2 heterocycles. The summed E-state index contributed by atoms with van der Waals surface area (Å²) in [5.74, 6) is -1.12. The Morgan fingerprint density at radius 1 is 1.12 bits per heavy atom. The van der Waals surface area contributed by atoms with Crippen LogP contribution in [0.4, 0.5) is 0 Å². The Balaban J connectivity index is 1.78. The molecule has 2 aliphatic rings. The van der Waals surface area contributed by atoms with Crippen molar-refractivity contribution in [3.05, 3.63) is 81.1 Å². The van der Waals surface area contributed by atoms with E-state index in [1.54, 1.807) is 12.2 Å². The summed E-state index contributed by atoms with van der Waals surface area (Å²) in [5.41, 5.74) is -1.77. The Morgan fingerprint density at radius 3 is 2.52 bits per heavy atom. The number of aromatic nitrogens is 2. The largest absolute Gasteiger partial charge is 0.459 e. The van der Waals surface area contributed by atoms with Crippen LogP contribution in [-0.2, 0) is 35.1 Å². The summed E-state index contributed by atoms with van der Waals surface area (Å²) in [4.78, 5) is 50.1. The number of rotatable bonds is 6. The molecule has 1 aromatic heterocycles. The molecule has 0 amide bonds. The van der Waals surface area contributed by atoms with E-state index in [4.69, 9.17) is 18.9 Å². The molecule has 1 aliphatic heterocycles. The van der Waals surface area contributed by atoms with Crippen LogP contribution in [0.25, 0.3) is 0 Å². The summed E-state index contributed by atoms with van der Waals surface area (Å²) >= 11 is 0. The second-order valence-electron chi connectivity index (χ2n) is 7.91. The van der Waals surface area contributed by atoms with Gasteiger partial charge in [-0.3, -0.25) is 23.9 Å². The number of benzene rings is 1. The van der Waals surface area contributed by atoms with Crippen LogP contribution >= 0.6 is 0 Å². The van der Waals surface area contributed by atoms with Gasteiger partial charge in [-0.05, 0) is 5.56 Å². The zero-order chi connectivity index (χ0) is 23.6. The molecule has 0 saturated carbocycles. The van der Waals surface area contributed by atoms with Gasteiger partial charge >= 0.3 is 17.6 Å². The summed E-state index contributed by atoms with van der Waals surface area (Å²) < 4.78 is 24.8. The van der Waals surface area contributed by atoms with E-state index in [9.17, 15) is 19.2 Å². The van der Waals surface area contributed by atoms with Gasteiger partial charge in [-0.1, -0.05) is 42.5 Å². The van der Waals surface area contributed by atoms with Crippen molar-refractivity contribution in [2.75, 3.05) is 0 Å². The lowest BCUT2D eigenvalue weighted by Crippen LogP contribution is -2.52. The van der Waals surface area contributed by atoms with Crippen LogP contribution in [0.3, 0.4) is 0 Å². The molecule has 10 nitrogen and oxygen atoms in total. The standard InChI is InChI=1S/C23H24N2O8/c1-14(26)31-17-9-6-11-23(17)20(30-13-16-7-4-3-5-8-16)19(32-15(2)27)21(33-23)25-12-10-18(28)24-22(25)29/h3-8,10-12,17,19-21H,9,13H2,1-2H3,(H,24,28,29)/t17-,19+,20+,21-,23-/m0/s1. The zero-order valence-corrected chi connectivity index (χ0v) is 18.1. The first kappa shape index (κ1) is 22.7. The minimum Gasteiger partial charge on any atom is -0.459 e. The monoisotopic (exact) mass is 456 g/mol. The van der Waals surface area contributed by atoms with Crippen molar-refractivity contribution >= 4 is 11.9 Å². The van der Waals surface area contributed by atoms with E-state index < -0.39 is 53.3 Å². The highest BCUT2D eigenvalue weighted by Crippen LogP contribution is 2.47. The van der Waals surface area contributed by atoms with Crippen LogP contribution in [0, 0.1) is 0 Å². The maximum Gasteiger partial charge on any atom is 0.330 e. The molecule has 174 valence electrons. The summed E-state index contributed by atoms with van der Waals surface area (Å²) in [5, 5.41) is 0. The van der Waals surface area contributed by atoms with Gasteiger partial charge in [-0.2, -0.15) is 0 Å². The second kappa shape index (κ2) is 9.16. The predicted octanol–water partition coefficient (Wildman–Crippen LogP) is 1.21. The number of H-pyrrole nitrogens is 1. The summed E-state index contributed by atoms with van der Waals surface area (Å²) in [6.07, 6.45) is 1.21. The predicted molar refractivity (Wildman–Crippen MR) is 114 cm³/mol. The number of aromatic amines is 1. The SMILES string of the molecule is CC(=O)O[C@@H]1[C@@H](OCc2ccccc2)[C@@]2(C=CC[C@@H]2OC(C)=O)O[C@@H]1n1ccc(=O)[nH]c1=O. The maximum absolute atomic E-state index is 12.5. The Morgan fingerprint density at radius 2 is 1.85 bits per heavy atom. The van der Waals surface area contributed by atoms with Crippen molar-refractivity contribution in [3.8, 4) is 0 Å². The molecule has 0 radical (unpaired) electrons. The summed E-state index contributed by atoms with van der Waals surface area (Å²) in [6, 6.07) is 10.5. The van der Waals surface area contributed by atoms with Gasteiger partial charge < -0.3 is 18.9 Å². The highest BCUT2D eigenvalue weighted by atomic mass is 16.7. The topological polar surface area (TPSA) is 126 Å². The van der Waals surface area contributed by atoms with E-state index >= 15 is 0 Å². The lowest BCUT2D eigenvalue weighted by atomic mass is 9.91. The molecule has 1 saturated heterocycles. The van der Waals surface area contributed by atoms with Gasteiger partial charge in [-0.15, -0.1) is 0 Å². The number of esters is 2. The molecule has 1 N–H and O–H groups in total. The van der Waals surface area contributed by atoms with Gasteiger partial charge in [-0.25, -0.2) is 4.79 Å². The van der Waals surface area contributed by atoms with E-state index in [2.05, 4.69) is 4.98 Å². The van der Waals surface area contributed by atoms with Crippen molar-refractivity contribution in [2.45, 2.75) is 57.0 Å². The first-order chi connectivity index (χ1) is 15.8. The first-order valence-corrected chi connectivity index (χ1v) is 10.5. The van der Waals surface area contributed by atoms with Crippen molar-refractivity contribution in [3.63, 3.8) is 0 Å². The number of carbonyl (C=O) groups excluding carboxylic acids is 2. The molecule has 4 rings (SSSR count). The highest BCUT2D eigenvalue weighted by molar-refractivity contribution is 5.67. The van der Waals surface area contributed by atoms with Crippen LogP contribution in [0.15, 0.2) is 64.3 Å². The Hall–Kier alpha value is -3.50. The van der Waals surface area contributed by atoms with Gasteiger partial charge in [0.15, 0.2) is 17.9 Å². The fraction of sp³-hybridized carbons (Fsp3) is 0.391. The molecular formula is C23H24N2O8. The number of nitrogens with zero attached hydrogens (tertiary/aromatic N) is 1. The molecule has 5 atom stereocenters. The summed E-state index contributed by atoms with van der Waals surface area (Å²) in [7, 11) is 0. The van der Waals surface area contributed by atoms with Gasteiger partial charge in [0.05, 0.1) is 6.61 Å². The normalized spacial score (nSPS) is 28.2. The highest BCUT2D eigenvalue weighted by Gasteiger charge is 2.63. The fourth-order valence-corrected chi connectivity index (χ4v) is 4.29. The molecule has 1 aliphatic carbocycles. The second-order valence-corrected chi connectivity index (χ2v) is 7.91. The molecule has 1 aromatic carbocycles. The molecular weight excluding hydrogens is 432 g/mol. The van der Waals surface area contributed by atoms with Crippen molar-refractivity contribution in [2.24, 2.45) is 0 Å². The van der Waals surface area contributed by atoms with Crippen molar-refractivity contribution in [1.82, 2.24) is 9.55 Å². The minimum atomic E-state index is -1.32. The lowest BCUT2D eigenvalue weighted by Gasteiger charge is -2.34.